The zero-order valence-electron chi connectivity index (χ0n) is 19.4. The number of benzene rings is 1. The number of hydrogen-bond donors (Lipinski definition) is 1. The quantitative estimate of drug-likeness (QED) is 0.559. The standard InChI is InChI=1S/C23H25ClF4N4O3S/c1-36(34,35)16-4-5-19(18(25)12-16)30-20-3-2-8-32(22(20)33)15-6-9-31(10-7-15)21-17(24)11-14(13-29-21)23(26,27)28/h4-5,11-13,15,20,30H,2-3,6-10H2,1H3. The summed E-state index contributed by atoms with van der Waals surface area (Å²) in [6, 6.07) is 3.67. The fraction of sp³-hybridized carbons (Fsp3) is 0.478. The molecule has 2 aliphatic heterocycles. The van der Waals surface area contributed by atoms with Gasteiger partial charge in [0.05, 0.1) is 21.2 Å². The topological polar surface area (TPSA) is 82.6 Å². The van der Waals surface area contributed by atoms with Crippen LogP contribution < -0.4 is 10.2 Å². The van der Waals surface area contributed by atoms with Crippen LogP contribution in [0.1, 0.15) is 31.2 Å². The highest BCUT2D eigenvalue weighted by molar-refractivity contribution is 7.90. The number of hydrogen-bond acceptors (Lipinski definition) is 6. The minimum Gasteiger partial charge on any atom is -0.371 e. The van der Waals surface area contributed by atoms with E-state index in [9.17, 15) is 30.8 Å². The number of anilines is 2. The summed E-state index contributed by atoms with van der Waals surface area (Å²) in [5.41, 5.74) is -0.855. The van der Waals surface area contributed by atoms with Crippen molar-refractivity contribution in [1.82, 2.24) is 9.88 Å². The van der Waals surface area contributed by atoms with E-state index in [1.54, 1.807) is 4.90 Å². The van der Waals surface area contributed by atoms with E-state index in [0.717, 1.165) is 24.6 Å². The Bertz CT molecular complexity index is 1250. The summed E-state index contributed by atoms with van der Waals surface area (Å²) in [4.78, 5) is 20.5. The van der Waals surface area contributed by atoms with Gasteiger partial charge < -0.3 is 15.1 Å². The average molecular weight is 549 g/mol. The molecule has 3 heterocycles. The Hall–Kier alpha value is -2.60. The van der Waals surface area contributed by atoms with Gasteiger partial charge >= 0.3 is 6.18 Å². The number of amides is 1. The summed E-state index contributed by atoms with van der Waals surface area (Å²) >= 11 is 6.08. The molecule has 2 aromatic rings. The van der Waals surface area contributed by atoms with E-state index in [4.69, 9.17) is 11.6 Å². The van der Waals surface area contributed by atoms with Crippen LogP contribution in [0, 0.1) is 5.82 Å². The maximum absolute atomic E-state index is 14.5. The average Bonchev–Trinajstić information content (AvgIpc) is 2.80. The SMILES string of the molecule is CS(=O)(=O)c1ccc(NC2CCCN(C3CCN(c4ncc(C(F)(F)F)cc4Cl)CC3)C2=O)c(F)c1. The van der Waals surface area contributed by atoms with Gasteiger partial charge in [0.15, 0.2) is 9.84 Å². The van der Waals surface area contributed by atoms with Crippen LogP contribution in [0.5, 0.6) is 0 Å². The summed E-state index contributed by atoms with van der Waals surface area (Å²) in [5, 5.41) is 2.84. The molecule has 1 unspecified atom stereocenters. The number of piperidine rings is 2. The first kappa shape index (κ1) is 26.5. The summed E-state index contributed by atoms with van der Waals surface area (Å²) in [5.74, 6) is -0.644. The number of pyridine rings is 1. The van der Waals surface area contributed by atoms with Gasteiger partial charge in [-0.3, -0.25) is 4.79 Å². The molecular weight excluding hydrogens is 524 g/mol. The summed E-state index contributed by atoms with van der Waals surface area (Å²) in [6.07, 6.45) is -0.404. The number of halogens is 5. The number of alkyl halides is 3. The second-order valence-corrected chi connectivity index (χ2v) is 11.5. The first-order chi connectivity index (χ1) is 16.8. The van der Waals surface area contributed by atoms with Crippen molar-refractivity contribution in [3.8, 4) is 0 Å². The largest absolute Gasteiger partial charge is 0.417 e. The zero-order chi connectivity index (χ0) is 26.3. The van der Waals surface area contributed by atoms with Crippen LogP contribution in [-0.2, 0) is 20.8 Å². The van der Waals surface area contributed by atoms with Crippen molar-refractivity contribution in [3.63, 3.8) is 0 Å². The molecule has 0 spiro atoms. The predicted molar refractivity (Wildman–Crippen MR) is 127 cm³/mol. The third-order valence-electron chi connectivity index (χ3n) is 6.53. The first-order valence-electron chi connectivity index (χ1n) is 11.4. The lowest BCUT2D eigenvalue weighted by atomic mass is 9.97. The molecule has 1 N–H and O–H groups in total. The number of nitrogens with zero attached hydrogens (tertiary/aromatic N) is 3. The van der Waals surface area contributed by atoms with E-state index < -0.39 is 33.4 Å². The fourth-order valence-electron chi connectivity index (χ4n) is 4.64. The molecule has 0 saturated carbocycles. The maximum atomic E-state index is 14.5. The number of likely N-dealkylation sites (tertiary alicyclic amines) is 1. The molecule has 1 amide bonds. The summed E-state index contributed by atoms with van der Waals surface area (Å²) in [7, 11) is -3.55. The van der Waals surface area contributed by atoms with Crippen LogP contribution in [0.25, 0.3) is 0 Å². The van der Waals surface area contributed by atoms with Gasteiger partial charge in [0.25, 0.3) is 0 Å². The van der Waals surface area contributed by atoms with E-state index in [-0.39, 0.29) is 33.4 Å². The lowest BCUT2D eigenvalue weighted by Gasteiger charge is -2.42. The normalized spacial score (nSPS) is 20.1. The molecule has 0 bridgehead atoms. The van der Waals surface area contributed by atoms with E-state index in [1.165, 1.54) is 12.1 Å². The smallest absolute Gasteiger partial charge is 0.371 e. The third kappa shape index (κ3) is 5.69. The Morgan fingerprint density at radius 2 is 1.81 bits per heavy atom. The van der Waals surface area contributed by atoms with Crippen molar-refractivity contribution >= 4 is 38.9 Å². The van der Waals surface area contributed by atoms with Crippen LogP contribution >= 0.6 is 11.6 Å². The van der Waals surface area contributed by atoms with Crippen molar-refractivity contribution in [1.29, 1.82) is 0 Å². The fourth-order valence-corrected chi connectivity index (χ4v) is 5.55. The summed E-state index contributed by atoms with van der Waals surface area (Å²) < 4.78 is 76.5. The molecule has 1 aromatic heterocycles. The molecule has 196 valence electrons. The van der Waals surface area contributed by atoms with Gasteiger partial charge in [-0.1, -0.05) is 11.6 Å². The predicted octanol–water partition coefficient (Wildman–Crippen LogP) is 4.37. The molecule has 13 heteroatoms. The van der Waals surface area contributed by atoms with Crippen LogP contribution in [0.3, 0.4) is 0 Å². The van der Waals surface area contributed by atoms with Gasteiger partial charge in [0.2, 0.25) is 5.91 Å². The molecule has 4 rings (SSSR count). The minimum absolute atomic E-state index is 0.0560. The number of carbonyl (C=O) groups is 1. The van der Waals surface area contributed by atoms with Gasteiger partial charge in [0, 0.05) is 38.1 Å². The molecule has 1 atom stereocenters. The van der Waals surface area contributed by atoms with E-state index in [2.05, 4.69) is 10.3 Å². The molecule has 0 aliphatic carbocycles. The van der Waals surface area contributed by atoms with Crippen LogP contribution in [0.4, 0.5) is 29.1 Å². The number of rotatable bonds is 5. The molecule has 2 aliphatic rings. The summed E-state index contributed by atoms with van der Waals surface area (Å²) in [6.45, 7) is 1.48. The Morgan fingerprint density at radius 3 is 2.39 bits per heavy atom. The van der Waals surface area contributed by atoms with Crippen LogP contribution in [0.2, 0.25) is 5.02 Å². The molecule has 7 nitrogen and oxygen atoms in total. The molecule has 0 radical (unpaired) electrons. The molecule has 36 heavy (non-hydrogen) atoms. The Balaban J connectivity index is 1.39. The van der Waals surface area contributed by atoms with Crippen molar-refractivity contribution in [2.45, 2.75) is 48.8 Å². The highest BCUT2D eigenvalue weighted by atomic mass is 35.5. The van der Waals surface area contributed by atoms with Crippen molar-refractivity contribution in [2.24, 2.45) is 0 Å². The van der Waals surface area contributed by atoms with Gasteiger partial charge in [0.1, 0.15) is 17.7 Å². The first-order valence-corrected chi connectivity index (χ1v) is 13.7. The number of aromatic nitrogens is 1. The molecule has 2 fully saturated rings. The van der Waals surface area contributed by atoms with Gasteiger partial charge in [-0.2, -0.15) is 13.2 Å². The number of carbonyl (C=O) groups excluding carboxylic acids is 1. The Morgan fingerprint density at radius 1 is 1.11 bits per heavy atom. The van der Waals surface area contributed by atoms with Gasteiger partial charge in [-0.25, -0.2) is 17.8 Å². The van der Waals surface area contributed by atoms with Crippen molar-refractivity contribution in [3.05, 3.63) is 46.9 Å². The number of nitrogens with one attached hydrogen (secondary N) is 1. The minimum atomic E-state index is -4.53. The van der Waals surface area contributed by atoms with E-state index in [0.29, 0.717) is 45.3 Å². The molecule has 2 saturated heterocycles. The van der Waals surface area contributed by atoms with Gasteiger partial charge in [-0.15, -0.1) is 0 Å². The van der Waals surface area contributed by atoms with Crippen molar-refractivity contribution in [2.75, 3.05) is 36.1 Å². The van der Waals surface area contributed by atoms with Crippen LogP contribution in [0.15, 0.2) is 35.4 Å². The Kier molecular flexibility index (Phi) is 7.38. The monoisotopic (exact) mass is 548 g/mol. The lowest BCUT2D eigenvalue weighted by molar-refractivity contribution is -0.138. The second kappa shape index (κ2) is 10.0. The van der Waals surface area contributed by atoms with Crippen molar-refractivity contribution < 1.29 is 30.8 Å². The van der Waals surface area contributed by atoms with Crippen LogP contribution in [-0.4, -0.2) is 62.2 Å². The van der Waals surface area contributed by atoms with Gasteiger partial charge in [-0.05, 0) is 49.9 Å². The zero-order valence-corrected chi connectivity index (χ0v) is 20.9. The molecule has 1 aromatic carbocycles. The van der Waals surface area contributed by atoms with E-state index >= 15 is 0 Å². The maximum Gasteiger partial charge on any atom is 0.417 e. The number of sulfone groups is 1. The molecular formula is C23H25ClF4N4O3S. The third-order valence-corrected chi connectivity index (χ3v) is 7.91. The lowest BCUT2D eigenvalue weighted by Crippen LogP contribution is -2.54. The van der Waals surface area contributed by atoms with E-state index in [1.807, 2.05) is 4.90 Å². The second-order valence-electron chi connectivity index (χ2n) is 9.03. The highest BCUT2D eigenvalue weighted by Gasteiger charge is 2.36. The Labute approximate surface area is 211 Å². The highest BCUT2D eigenvalue weighted by Crippen LogP contribution is 2.35.